The summed E-state index contributed by atoms with van der Waals surface area (Å²) in [5, 5.41) is 13.5. The molecule has 0 heterocycles. The van der Waals surface area contributed by atoms with Crippen molar-refractivity contribution in [2.45, 2.75) is 51.2 Å². The van der Waals surface area contributed by atoms with Crippen LogP contribution < -0.4 is 10.1 Å². The summed E-state index contributed by atoms with van der Waals surface area (Å²) >= 11 is 3.41. The number of aliphatic hydroxyl groups is 1. The standard InChI is InChI=1S/C17H26BrNO2/c1-13(14-6-3-2-4-7-14)19-11-16(20)12-21-17-9-5-8-15(18)10-17/h5,8-10,13-14,16,19-20H,2-4,6-7,11-12H2,1H3/t13-,16?/m1/s1. The molecule has 0 bridgehead atoms. The molecule has 2 N–H and O–H groups in total. The van der Waals surface area contributed by atoms with Crippen LogP contribution in [0.25, 0.3) is 0 Å². The summed E-state index contributed by atoms with van der Waals surface area (Å²) in [6.07, 6.45) is 6.25. The van der Waals surface area contributed by atoms with Crippen molar-refractivity contribution in [2.75, 3.05) is 13.2 Å². The summed E-state index contributed by atoms with van der Waals surface area (Å²) in [6.45, 7) is 3.14. The van der Waals surface area contributed by atoms with Gasteiger partial charge in [-0.25, -0.2) is 0 Å². The third-order valence-electron chi connectivity index (χ3n) is 4.27. The molecule has 1 aliphatic carbocycles. The minimum absolute atomic E-state index is 0.320. The van der Waals surface area contributed by atoms with Crippen molar-refractivity contribution in [2.24, 2.45) is 5.92 Å². The average molecular weight is 356 g/mol. The van der Waals surface area contributed by atoms with E-state index in [0.717, 1.165) is 16.1 Å². The summed E-state index contributed by atoms with van der Waals surface area (Å²) in [7, 11) is 0. The highest BCUT2D eigenvalue weighted by Crippen LogP contribution is 2.26. The fourth-order valence-electron chi connectivity index (χ4n) is 2.93. The maximum atomic E-state index is 10.0. The molecular weight excluding hydrogens is 330 g/mol. The van der Waals surface area contributed by atoms with Crippen LogP contribution >= 0.6 is 15.9 Å². The topological polar surface area (TPSA) is 41.5 Å². The molecular formula is C17H26BrNO2. The van der Waals surface area contributed by atoms with Crippen molar-refractivity contribution in [3.8, 4) is 5.75 Å². The molecule has 0 saturated heterocycles. The van der Waals surface area contributed by atoms with Crippen LogP contribution in [0.2, 0.25) is 0 Å². The molecule has 1 fully saturated rings. The Balaban J connectivity index is 1.66. The van der Waals surface area contributed by atoms with Crippen LogP contribution in [0.4, 0.5) is 0 Å². The van der Waals surface area contributed by atoms with Crippen molar-refractivity contribution in [3.05, 3.63) is 28.7 Å². The Morgan fingerprint density at radius 1 is 1.33 bits per heavy atom. The molecule has 0 aliphatic heterocycles. The number of hydrogen-bond acceptors (Lipinski definition) is 3. The van der Waals surface area contributed by atoms with E-state index in [1.165, 1.54) is 32.1 Å². The van der Waals surface area contributed by atoms with Crippen molar-refractivity contribution in [1.82, 2.24) is 5.32 Å². The van der Waals surface area contributed by atoms with E-state index in [2.05, 4.69) is 28.2 Å². The molecule has 0 amide bonds. The first-order valence-corrected chi connectivity index (χ1v) is 8.74. The summed E-state index contributed by atoms with van der Waals surface area (Å²) in [5.74, 6) is 1.54. The summed E-state index contributed by atoms with van der Waals surface area (Å²) in [6, 6.07) is 8.16. The number of halogens is 1. The summed E-state index contributed by atoms with van der Waals surface area (Å²) in [5.41, 5.74) is 0. The molecule has 0 aromatic heterocycles. The summed E-state index contributed by atoms with van der Waals surface area (Å²) in [4.78, 5) is 0. The minimum atomic E-state index is -0.477. The fourth-order valence-corrected chi connectivity index (χ4v) is 3.31. The van der Waals surface area contributed by atoms with Gasteiger partial charge in [0.1, 0.15) is 18.5 Å². The molecule has 0 radical (unpaired) electrons. The predicted octanol–water partition coefficient (Wildman–Crippen LogP) is 3.75. The molecule has 118 valence electrons. The van der Waals surface area contributed by atoms with Gasteiger partial charge >= 0.3 is 0 Å². The maximum Gasteiger partial charge on any atom is 0.120 e. The molecule has 1 unspecified atom stereocenters. The first kappa shape index (κ1) is 16.8. The first-order chi connectivity index (χ1) is 10.1. The van der Waals surface area contributed by atoms with Gasteiger partial charge in [0.05, 0.1) is 0 Å². The lowest BCUT2D eigenvalue weighted by Gasteiger charge is -2.29. The molecule has 2 rings (SSSR count). The maximum absolute atomic E-state index is 10.0. The highest BCUT2D eigenvalue weighted by atomic mass is 79.9. The number of hydrogen-bond donors (Lipinski definition) is 2. The third-order valence-corrected chi connectivity index (χ3v) is 4.76. The van der Waals surface area contributed by atoms with E-state index in [1.807, 2.05) is 24.3 Å². The first-order valence-electron chi connectivity index (χ1n) is 7.95. The SMILES string of the molecule is C[C@@H](NCC(O)COc1cccc(Br)c1)C1CCCCC1. The number of benzene rings is 1. The molecule has 1 aliphatic rings. The van der Waals surface area contributed by atoms with Gasteiger partial charge in [0.25, 0.3) is 0 Å². The third kappa shape index (κ3) is 5.97. The zero-order valence-corrected chi connectivity index (χ0v) is 14.3. The van der Waals surface area contributed by atoms with E-state index in [9.17, 15) is 5.11 Å². The lowest BCUT2D eigenvalue weighted by molar-refractivity contribution is 0.100. The van der Waals surface area contributed by atoms with E-state index in [0.29, 0.717) is 19.2 Å². The normalized spacial score (nSPS) is 19.2. The van der Waals surface area contributed by atoms with Crippen molar-refractivity contribution < 1.29 is 9.84 Å². The van der Waals surface area contributed by atoms with Crippen LogP contribution in [0.5, 0.6) is 5.75 Å². The number of ether oxygens (including phenoxy) is 1. The van der Waals surface area contributed by atoms with Crippen molar-refractivity contribution >= 4 is 15.9 Å². The van der Waals surface area contributed by atoms with Crippen molar-refractivity contribution in [1.29, 1.82) is 0 Å². The molecule has 1 aromatic rings. The van der Waals surface area contributed by atoms with Gasteiger partial charge < -0.3 is 15.2 Å². The zero-order chi connectivity index (χ0) is 15.1. The van der Waals surface area contributed by atoms with Crippen LogP contribution in [0, 0.1) is 5.92 Å². The molecule has 3 nitrogen and oxygen atoms in total. The van der Waals surface area contributed by atoms with Gasteiger partial charge in [-0.2, -0.15) is 0 Å². The monoisotopic (exact) mass is 355 g/mol. The quantitative estimate of drug-likeness (QED) is 0.782. The largest absolute Gasteiger partial charge is 0.491 e. The number of nitrogens with one attached hydrogen (secondary N) is 1. The van der Waals surface area contributed by atoms with E-state index < -0.39 is 6.10 Å². The number of aliphatic hydroxyl groups excluding tert-OH is 1. The van der Waals surface area contributed by atoms with Gasteiger partial charge in [-0.05, 0) is 43.9 Å². The Hall–Kier alpha value is -0.580. The Bertz CT molecular complexity index is 421. The number of rotatable bonds is 7. The van der Waals surface area contributed by atoms with Gasteiger partial charge in [0.2, 0.25) is 0 Å². The van der Waals surface area contributed by atoms with Crippen LogP contribution in [-0.4, -0.2) is 30.4 Å². The molecule has 4 heteroatoms. The van der Waals surface area contributed by atoms with Crippen LogP contribution in [-0.2, 0) is 0 Å². The average Bonchev–Trinajstić information content (AvgIpc) is 2.51. The second kappa shape index (κ2) is 8.76. The Morgan fingerprint density at radius 3 is 2.81 bits per heavy atom. The Kier molecular flexibility index (Phi) is 7.00. The molecule has 2 atom stereocenters. The van der Waals surface area contributed by atoms with Crippen LogP contribution in [0.1, 0.15) is 39.0 Å². The lowest BCUT2D eigenvalue weighted by atomic mass is 9.84. The van der Waals surface area contributed by atoms with Crippen LogP contribution in [0.15, 0.2) is 28.7 Å². The van der Waals surface area contributed by atoms with Gasteiger partial charge in [0.15, 0.2) is 0 Å². The second-order valence-corrected chi connectivity index (χ2v) is 6.93. The summed E-state index contributed by atoms with van der Waals surface area (Å²) < 4.78 is 6.59. The zero-order valence-electron chi connectivity index (χ0n) is 12.7. The van der Waals surface area contributed by atoms with E-state index in [1.54, 1.807) is 0 Å². The van der Waals surface area contributed by atoms with Gasteiger partial charge in [-0.3, -0.25) is 0 Å². The Morgan fingerprint density at radius 2 is 2.10 bits per heavy atom. The Labute approximate surface area is 136 Å². The van der Waals surface area contributed by atoms with E-state index in [-0.39, 0.29) is 0 Å². The van der Waals surface area contributed by atoms with E-state index >= 15 is 0 Å². The highest BCUT2D eigenvalue weighted by Gasteiger charge is 2.20. The molecule has 21 heavy (non-hydrogen) atoms. The van der Waals surface area contributed by atoms with E-state index in [4.69, 9.17) is 4.74 Å². The second-order valence-electron chi connectivity index (χ2n) is 6.02. The molecule has 1 aromatic carbocycles. The van der Waals surface area contributed by atoms with Crippen LogP contribution in [0.3, 0.4) is 0 Å². The van der Waals surface area contributed by atoms with Gasteiger partial charge in [-0.1, -0.05) is 41.3 Å². The highest BCUT2D eigenvalue weighted by molar-refractivity contribution is 9.10. The van der Waals surface area contributed by atoms with Crippen molar-refractivity contribution in [3.63, 3.8) is 0 Å². The molecule has 0 spiro atoms. The van der Waals surface area contributed by atoms with Gasteiger partial charge in [0, 0.05) is 17.1 Å². The lowest BCUT2D eigenvalue weighted by Crippen LogP contribution is -2.40. The molecule has 1 saturated carbocycles. The minimum Gasteiger partial charge on any atom is -0.491 e. The van der Waals surface area contributed by atoms with Gasteiger partial charge in [-0.15, -0.1) is 0 Å². The smallest absolute Gasteiger partial charge is 0.120 e. The predicted molar refractivity (Wildman–Crippen MR) is 89.7 cm³/mol. The fraction of sp³-hybridized carbons (Fsp3) is 0.647.